The standard InChI is InChI=1S/C13H17ClN2OS.ClH/c1-2-18-12-4-3-9(14)7-11(12)13(17)16-10-5-6-15-8-10;/h3-4,7,10,15H,2,5-6,8H2,1H3,(H,16,17);1H. The van der Waals surface area contributed by atoms with E-state index in [0.29, 0.717) is 10.6 Å². The quantitative estimate of drug-likeness (QED) is 0.838. The van der Waals surface area contributed by atoms with Gasteiger partial charge in [0.05, 0.1) is 5.56 Å². The highest BCUT2D eigenvalue weighted by atomic mass is 35.5. The van der Waals surface area contributed by atoms with E-state index >= 15 is 0 Å². The van der Waals surface area contributed by atoms with Gasteiger partial charge in [-0.2, -0.15) is 0 Å². The number of hydrogen-bond acceptors (Lipinski definition) is 3. The van der Waals surface area contributed by atoms with Crippen LogP contribution in [0.1, 0.15) is 23.7 Å². The first-order valence-electron chi connectivity index (χ1n) is 6.14. The average molecular weight is 321 g/mol. The molecule has 1 amide bonds. The van der Waals surface area contributed by atoms with Crippen molar-refractivity contribution in [1.29, 1.82) is 0 Å². The molecule has 19 heavy (non-hydrogen) atoms. The second kappa shape index (κ2) is 8.00. The van der Waals surface area contributed by atoms with Crippen LogP contribution in [-0.2, 0) is 0 Å². The van der Waals surface area contributed by atoms with Crippen molar-refractivity contribution in [2.75, 3.05) is 18.8 Å². The minimum Gasteiger partial charge on any atom is -0.348 e. The van der Waals surface area contributed by atoms with E-state index in [2.05, 4.69) is 17.6 Å². The van der Waals surface area contributed by atoms with E-state index in [1.54, 1.807) is 17.8 Å². The summed E-state index contributed by atoms with van der Waals surface area (Å²) in [6, 6.07) is 5.72. The van der Waals surface area contributed by atoms with Crippen LogP contribution in [0.2, 0.25) is 5.02 Å². The maximum absolute atomic E-state index is 12.2. The van der Waals surface area contributed by atoms with Crippen molar-refractivity contribution < 1.29 is 4.79 Å². The van der Waals surface area contributed by atoms with Gasteiger partial charge in [-0.3, -0.25) is 4.79 Å². The highest BCUT2D eigenvalue weighted by Crippen LogP contribution is 2.25. The molecule has 3 nitrogen and oxygen atoms in total. The molecule has 1 unspecified atom stereocenters. The third kappa shape index (κ3) is 4.56. The van der Waals surface area contributed by atoms with Crippen molar-refractivity contribution in [2.24, 2.45) is 0 Å². The Balaban J connectivity index is 0.00000180. The predicted molar refractivity (Wildman–Crippen MR) is 83.8 cm³/mol. The van der Waals surface area contributed by atoms with Crippen molar-refractivity contribution in [3.8, 4) is 0 Å². The molecule has 1 aromatic rings. The van der Waals surface area contributed by atoms with E-state index in [9.17, 15) is 4.79 Å². The number of thioether (sulfide) groups is 1. The molecule has 0 saturated carbocycles. The number of carbonyl (C=O) groups is 1. The van der Waals surface area contributed by atoms with E-state index in [1.807, 2.05) is 12.1 Å². The molecule has 1 atom stereocenters. The molecule has 1 heterocycles. The molecule has 0 spiro atoms. The summed E-state index contributed by atoms with van der Waals surface area (Å²) in [5.41, 5.74) is 0.682. The summed E-state index contributed by atoms with van der Waals surface area (Å²) in [5.74, 6) is 0.912. The highest BCUT2D eigenvalue weighted by molar-refractivity contribution is 7.99. The molecular weight excluding hydrogens is 303 g/mol. The second-order valence-corrected chi connectivity index (χ2v) is 5.98. The Morgan fingerprint density at radius 3 is 3.00 bits per heavy atom. The third-order valence-electron chi connectivity index (χ3n) is 2.88. The molecule has 1 aliphatic heterocycles. The normalized spacial score (nSPS) is 17.9. The van der Waals surface area contributed by atoms with Crippen LogP contribution in [0.3, 0.4) is 0 Å². The van der Waals surface area contributed by atoms with Gasteiger partial charge in [0.15, 0.2) is 0 Å². The van der Waals surface area contributed by atoms with E-state index in [4.69, 9.17) is 11.6 Å². The fourth-order valence-corrected chi connectivity index (χ4v) is 2.96. The number of halogens is 2. The van der Waals surface area contributed by atoms with Gasteiger partial charge in [-0.05, 0) is 36.9 Å². The minimum atomic E-state index is -0.0258. The van der Waals surface area contributed by atoms with Gasteiger partial charge in [-0.25, -0.2) is 0 Å². The first kappa shape index (κ1) is 16.6. The number of rotatable bonds is 4. The molecule has 1 aromatic carbocycles. The van der Waals surface area contributed by atoms with E-state index in [-0.39, 0.29) is 24.4 Å². The summed E-state index contributed by atoms with van der Waals surface area (Å²) < 4.78 is 0. The molecule has 0 radical (unpaired) electrons. The zero-order valence-electron chi connectivity index (χ0n) is 10.7. The summed E-state index contributed by atoms with van der Waals surface area (Å²) >= 11 is 7.64. The highest BCUT2D eigenvalue weighted by Gasteiger charge is 2.19. The maximum atomic E-state index is 12.2. The molecular formula is C13H18Cl2N2OS. The molecule has 2 N–H and O–H groups in total. The Morgan fingerprint density at radius 1 is 1.58 bits per heavy atom. The van der Waals surface area contributed by atoms with Gasteiger partial charge in [0.1, 0.15) is 0 Å². The van der Waals surface area contributed by atoms with Crippen molar-refractivity contribution in [1.82, 2.24) is 10.6 Å². The van der Waals surface area contributed by atoms with E-state index < -0.39 is 0 Å². The Morgan fingerprint density at radius 2 is 2.37 bits per heavy atom. The maximum Gasteiger partial charge on any atom is 0.252 e. The molecule has 0 bridgehead atoms. The number of carbonyl (C=O) groups excluding carboxylic acids is 1. The van der Waals surface area contributed by atoms with Gasteiger partial charge in [0, 0.05) is 22.5 Å². The van der Waals surface area contributed by atoms with Crippen LogP contribution in [0.5, 0.6) is 0 Å². The van der Waals surface area contributed by atoms with Crippen molar-refractivity contribution in [2.45, 2.75) is 24.3 Å². The smallest absolute Gasteiger partial charge is 0.252 e. The molecule has 1 fully saturated rings. The van der Waals surface area contributed by atoms with Crippen LogP contribution < -0.4 is 10.6 Å². The lowest BCUT2D eigenvalue weighted by Crippen LogP contribution is -2.36. The van der Waals surface area contributed by atoms with Crippen LogP contribution in [0.25, 0.3) is 0 Å². The number of hydrogen-bond donors (Lipinski definition) is 2. The lowest BCUT2D eigenvalue weighted by atomic mass is 10.2. The molecule has 1 aliphatic rings. The lowest BCUT2D eigenvalue weighted by Gasteiger charge is -2.13. The van der Waals surface area contributed by atoms with Gasteiger partial charge >= 0.3 is 0 Å². The van der Waals surface area contributed by atoms with Crippen LogP contribution in [0.4, 0.5) is 0 Å². The zero-order valence-corrected chi connectivity index (χ0v) is 13.1. The Bertz CT molecular complexity index is 437. The fourth-order valence-electron chi connectivity index (χ4n) is 2.00. The zero-order chi connectivity index (χ0) is 13.0. The summed E-state index contributed by atoms with van der Waals surface area (Å²) in [6.45, 7) is 3.89. The number of amides is 1. The van der Waals surface area contributed by atoms with Gasteiger partial charge in [-0.1, -0.05) is 18.5 Å². The van der Waals surface area contributed by atoms with Crippen LogP contribution in [0, 0.1) is 0 Å². The topological polar surface area (TPSA) is 41.1 Å². The molecule has 2 rings (SSSR count). The SMILES string of the molecule is CCSc1ccc(Cl)cc1C(=O)NC1CCNC1.Cl. The van der Waals surface area contributed by atoms with Crippen LogP contribution >= 0.6 is 35.8 Å². The van der Waals surface area contributed by atoms with Crippen molar-refractivity contribution in [3.63, 3.8) is 0 Å². The van der Waals surface area contributed by atoms with E-state index in [1.165, 1.54) is 0 Å². The first-order chi connectivity index (χ1) is 8.70. The Hall–Kier alpha value is -0.420. The summed E-state index contributed by atoms with van der Waals surface area (Å²) in [7, 11) is 0. The summed E-state index contributed by atoms with van der Waals surface area (Å²) in [4.78, 5) is 13.2. The minimum absolute atomic E-state index is 0. The molecule has 0 aliphatic carbocycles. The van der Waals surface area contributed by atoms with Crippen molar-refractivity contribution >= 4 is 41.7 Å². The van der Waals surface area contributed by atoms with Crippen LogP contribution in [0.15, 0.2) is 23.1 Å². The van der Waals surface area contributed by atoms with Gasteiger partial charge in [0.25, 0.3) is 5.91 Å². The first-order valence-corrected chi connectivity index (χ1v) is 7.51. The number of nitrogens with one attached hydrogen (secondary N) is 2. The molecule has 6 heteroatoms. The third-order valence-corrected chi connectivity index (χ3v) is 4.07. The average Bonchev–Trinajstić information content (AvgIpc) is 2.84. The predicted octanol–water partition coefficient (Wildman–Crippen LogP) is 2.97. The summed E-state index contributed by atoms with van der Waals surface area (Å²) in [5, 5.41) is 6.88. The van der Waals surface area contributed by atoms with Gasteiger partial charge < -0.3 is 10.6 Å². The van der Waals surface area contributed by atoms with Gasteiger partial charge in [-0.15, -0.1) is 24.2 Å². The second-order valence-electron chi connectivity index (χ2n) is 4.24. The lowest BCUT2D eigenvalue weighted by molar-refractivity contribution is 0.0937. The largest absolute Gasteiger partial charge is 0.348 e. The summed E-state index contributed by atoms with van der Waals surface area (Å²) in [6.07, 6.45) is 0.989. The Kier molecular flexibility index (Phi) is 7.00. The van der Waals surface area contributed by atoms with Crippen molar-refractivity contribution in [3.05, 3.63) is 28.8 Å². The molecule has 106 valence electrons. The van der Waals surface area contributed by atoms with Crippen LogP contribution in [-0.4, -0.2) is 30.8 Å². The fraction of sp³-hybridized carbons (Fsp3) is 0.462. The van der Waals surface area contributed by atoms with Gasteiger partial charge in [0.2, 0.25) is 0 Å². The monoisotopic (exact) mass is 320 g/mol. The molecule has 1 saturated heterocycles. The van der Waals surface area contributed by atoms with E-state index in [0.717, 1.165) is 30.2 Å². The number of benzene rings is 1. The Labute approximate surface area is 129 Å². The molecule has 0 aromatic heterocycles.